The van der Waals surface area contributed by atoms with E-state index in [1.54, 1.807) is 12.1 Å². The summed E-state index contributed by atoms with van der Waals surface area (Å²) in [7, 11) is 0. The van der Waals surface area contributed by atoms with Crippen LogP contribution in [0.1, 0.15) is 18.4 Å². The van der Waals surface area contributed by atoms with Gasteiger partial charge in [-0.15, -0.1) is 0 Å². The van der Waals surface area contributed by atoms with E-state index in [1.165, 1.54) is 0 Å². The maximum Gasteiger partial charge on any atom is 0.315 e. The maximum absolute atomic E-state index is 11.7. The van der Waals surface area contributed by atoms with E-state index in [-0.39, 0.29) is 24.5 Å². The van der Waals surface area contributed by atoms with E-state index in [0.29, 0.717) is 24.8 Å². The number of carbonyl (C=O) groups is 2. The first kappa shape index (κ1) is 16.6. The van der Waals surface area contributed by atoms with Crippen LogP contribution >= 0.6 is 11.6 Å². The Kier molecular flexibility index (Phi) is 6.48. The Morgan fingerprint density at radius 1 is 1.14 bits per heavy atom. The van der Waals surface area contributed by atoms with Crippen molar-refractivity contribution < 1.29 is 14.3 Å². The molecule has 0 aromatic heterocycles. The van der Waals surface area contributed by atoms with Crippen LogP contribution in [0.15, 0.2) is 24.3 Å². The van der Waals surface area contributed by atoms with Crippen molar-refractivity contribution in [3.8, 4) is 0 Å². The molecule has 6 nitrogen and oxygen atoms in total. The smallest absolute Gasteiger partial charge is 0.315 e. The van der Waals surface area contributed by atoms with Crippen LogP contribution in [0.2, 0.25) is 5.02 Å². The van der Waals surface area contributed by atoms with E-state index in [1.807, 2.05) is 12.1 Å². The molecule has 1 heterocycles. The second-order valence-electron chi connectivity index (χ2n) is 5.12. The minimum atomic E-state index is -0.325. The minimum Gasteiger partial charge on any atom is -0.381 e. The van der Waals surface area contributed by atoms with Gasteiger partial charge in [0, 0.05) is 30.8 Å². The molecule has 0 atom stereocenters. The Morgan fingerprint density at radius 3 is 2.50 bits per heavy atom. The van der Waals surface area contributed by atoms with Gasteiger partial charge in [0.1, 0.15) is 0 Å². The predicted octanol–water partition coefficient (Wildman–Crippen LogP) is 1.43. The van der Waals surface area contributed by atoms with Crippen LogP contribution in [0.4, 0.5) is 4.79 Å². The molecule has 0 aliphatic carbocycles. The first-order valence-electron chi connectivity index (χ1n) is 7.27. The largest absolute Gasteiger partial charge is 0.381 e. The maximum atomic E-state index is 11.7. The number of rotatable bonds is 5. The van der Waals surface area contributed by atoms with Gasteiger partial charge in [-0.1, -0.05) is 23.7 Å². The van der Waals surface area contributed by atoms with Crippen molar-refractivity contribution in [1.29, 1.82) is 0 Å². The molecule has 3 amide bonds. The molecule has 0 bridgehead atoms. The monoisotopic (exact) mass is 325 g/mol. The molecule has 0 saturated carbocycles. The van der Waals surface area contributed by atoms with Crippen molar-refractivity contribution in [2.24, 2.45) is 0 Å². The molecule has 2 rings (SSSR count). The number of halogens is 1. The molecule has 0 radical (unpaired) electrons. The molecule has 120 valence electrons. The Morgan fingerprint density at radius 2 is 1.82 bits per heavy atom. The average molecular weight is 326 g/mol. The van der Waals surface area contributed by atoms with E-state index in [2.05, 4.69) is 16.0 Å². The molecule has 1 fully saturated rings. The number of benzene rings is 1. The number of urea groups is 1. The SMILES string of the molecule is O=C(CNC(=O)NC1CCOCC1)NCc1ccc(Cl)cc1. The van der Waals surface area contributed by atoms with Crippen LogP contribution < -0.4 is 16.0 Å². The quantitative estimate of drug-likeness (QED) is 0.766. The molecule has 0 spiro atoms. The van der Waals surface area contributed by atoms with Gasteiger partial charge < -0.3 is 20.7 Å². The van der Waals surface area contributed by atoms with Crippen LogP contribution in [0.5, 0.6) is 0 Å². The van der Waals surface area contributed by atoms with Crippen molar-refractivity contribution in [3.05, 3.63) is 34.9 Å². The first-order chi connectivity index (χ1) is 10.6. The van der Waals surface area contributed by atoms with Gasteiger partial charge in [-0.25, -0.2) is 4.79 Å². The fourth-order valence-electron chi connectivity index (χ4n) is 2.10. The van der Waals surface area contributed by atoms with E-state index >= 15 is 0 Å². The predicted molar refractivity (Wildman–Crippen MR) is 83.7 cm³/mol. The molecule has 0 unspecified atom stereocenters. The van der Waals surface area contributed by atoms with Crippen molar-refractivity contribution >= 4 is 23.5 Å². The highest BCUT2D eigenvalue weighted by Gasteiger charge is 2.16. The molecular weight excluding hydrogens is 306 g/mol. The van der Waals surface area contributed by atoms with Gasteiger partial charge in [0.2, 0.25) is 5.91 Å². The lowest BCUT2D eigenvalue weighted by molar-refractivity contribution is -0.120. The average Bonchev–Trinajstić information content (AvgIpc) is 2.53. The Bertz CT molecular complexity index is 501. The summed E-state index contributed by atoms with van der Waals surface area (Å²) in [5.41, 5.74) is 0.949. The van der Waals surface area contributed by atoms with Gasteiger partial charge >= 0.3 is 6.03 Å². The molecule has 3 N–H and O–H groups in total. The van der Waals surface area contributed by atoms with E-state index in [4.69, 9.17) is 16.3 Å². The molecule has 1 aliphatic heterocycles. The summed E-state index contributed by atoms with van der Waals surface area (Å²) in [5, 5.41) is 8.77. The summed E-state index contributed by atoms with van der Waals surface area (Å²) in [6, 6.07) is 7.01. The third-order valence-corrected chi connectivity index (χ3v) is 3.62. The van der Waals surface area contributed by atoms with Crippen LogP contribution in [0, 0.1) is 0 Å². The van der Waals surface area contributed by atoms with Gasteiger partial charge in [-0.2, -0.15) is 0 Å². The second kappa shape index (κ2) is 8.60. The third-order valence-electron chi connectivity index (χ3n) is 3.37. The lowest BCUT2D eigenvalue weighted by atomic mass is 10.1. The molecule has 1 aliphatic rings. The highest BCUT2D eigenvalue weighted by Crippen LogP contribution is 2.09. The van der Waals surface area contributed by atoms with Crippen LogP contribution in [0.25, 0.3) is 0 Å². The number of ether oxygens (including phenoxy) is 1. The number of hydrogen-bond donors (Lipinski definition) is 3. The normalized spacial score (nSPS) is 15.1. The highest BCUT2D eigenvalue weighted by atomic mass is 35.5. The number of carbonyl (C=O) groups excluding carboxylic acids is 2. The molecule has 22 heavy (non-hydrogen) atoms. The summed E-state index contributed by atoms with van der Waals surface area (Å²) >= 11 is 5.79. The van der Waals surface area contributed by atoms with E-state index in [9.17, 15) is 9.59 Å². The lowest BCUT2D eigenvalue weighted by Crippen LogP contribution is -2.47. The van der Waals surface area contributed by atoms with Crippen molar-refractivity contribution in [1.82, 2.24) is 16.0 Å². The number of hydrogen-bond acceptors (Lipinski definition) is 3. The Hall–Kier alpha value is -1.79. The zero-order valence-electron chi connectivity index (χ0n) is 12.2. The van der Waals surface area contributed by atoms with E-state index in [0.717, 1.165) is 18.4 Å². The molecule has 7 heteroatoms. The van der Waals surface area contributed by atoms with Crippen LogP contribution in [-0.4, -0.2) is 37.7 Å². The van der Waals surface area contributed by atoms with E-state index < -0.39 is 0 Å². The van der Waals surface area contributed by atoms with Crippen molar-refractivity contribution in [3.63, 3.8) is 0 Å². The van der Waals surface area contributed by atoms with Crippen molar-refractivity contribution in [2.45, 2.75) is 25.4 Å². The topological polar surface area (TPSA) is 79.5 Å². The standard InChI is InChI=1S/C15H20ClN3O3/c16-12-3-1-11(2-4-12)9-17-14(20)10-18-15(21)19-13-5-7-22-8-6-13/h1-4,13H,5-10H2,(H,17,20)(H2,18,19,21). The fourth-order valence-corrected chi connectivity index (χ4v) is 2.23. The highest BCUT2D eigenvalue weighted by molar-refractivity contribution is 6.30. The lowest BCUT2D eigenvalue weighted by Gasteiger charge is -2.23. The first-order valence-corrected chi connectivity index (χ1v) is 7.64. The van der Waals surface area contributed by atoms with Gasteiger partial charge in [0.05, 0.1) is 6.54 Å². The summed E-state index contributed by atoms with van der Waals surface area (Å²) in [4.78, 5) is 23.4. The van der Waals surface area contributed by atoms with Gasteiger partial charge in [-0.3, -0.25) is 4.79 Å². The van der Waals surface area contributed by atoms with Gasteiger partial charge in [0.25, 0.3) is 0 Å². The zero-order valence-corrected chi connectivity index (χ0v) is 13.0. The van der Waals surface area contributed by atoms with Crippen LogP contribution in [-0.2, 0) is 16.1 Å². The summed E-state index contributed by atoms with van der Waals surface area (Å²) in [5.74, 6) is -0.239. The Balaban J connectivity index is 1.62. The van der Waals surface area contributed by atoms with Gasteiger partial charge in [-0.05, 0) is 30.5 Å². The van der Waals surface area contributed by atoms with Crippen LogP contribution in [0.3, 0.4) is 0 Å². The summed E-state index contributed by atoms with van der Waals surface area (Å²) in [6.07, 6.45) is 1.60. The summed E-state index contributed by atoms with van der Waals surface area (Å²) in [6.45, 7) is 1.67. The number of nitrogens with one attached hydrogen (secondary N) is 3. The zero-order chi connectivity index (χ0) is 15.8. The molecular formula is C15H20ClN3O3. The second-order valence-corrected chi connectivity index (χ2v) is 5.55. The van der Waals surface area contributed by atoms with Crippen molar-refractivity contribution in [2.75, 3.05) is 19.8 Å². The van der Waals surface area contributed by atoms with Gasteiger partial charge in [0.15, 0.2) is 0 Å². The molecule has 1 saturated heterocycles. The molecule has 1 aromatic carbocycles. The minimum absolute atomic E-state index is 0.0529. The summed E-state index contributed by atoms with van der Waals surface area (Å²) < 4.78 is 5.22. The fraction of sp³-hybridized carbons (Fsp3) is 0.467. The molecule has 1 aromatic rings. The Labute approximate surface area is 134 Å². The third kappa shape index (κ3) is 5.91. The number of amides is 3.